The molecule has 166 valence electrons. The maximum atomic E-state index is 5.70. The zero-order chi connectivity index (χ0) is 20.5. The molecule has 0 spiro atoms. The van der Waals surface area contributed by atoms with Gasteiger partial charge in [-0.05, 0) is 38.3 Å². The molecule has 0 aliphatic carbocycles. The standard InChI is InChI=1S/C22H33N5O2.HI/c1-18-6-7-20(28-3)19(16-18)22(8-14-29-15-9-22)17-25-21(23-2)24-10-4-12-27-13-5-11-26-27;/h5-7,11,13,16H,4,8-10,12,14-15,17H2,1-3H3,(H2,23,24,25);1H. The number of aromatic nitrogens is 2. The van der Waals surface area contributed by atoms with Gasteiger partial charge >= 0.3 is 0 Å². The van der Waals surface area contributed by atoms with Crippen LogP contribution in [0.5, 0.6) is 5.75 Å². The van der Waals surface area contributed by atoms with Crippen LogP contribution in [0.25, 0.3) is 0 Å². The third kappa shape index (κ3) is 6.34. The van der Waals surface area contributed by atoms with Crippen molar-refractivity contribution in [1.82, 2.24) is 20.4 Å². The monoisotopic (exact) mass is 527 g/mol. The van der Waals surface area contributed by atoms with E-state index in [-0.39, 0.29) is 29.4 Å². The van der Waals surface area contributed by atoms with Crippen molar-refractivity contribution in [2.45, 2.75) is 38.1 Å². The minimum absolute atomic E-state index is 0. The van der Waals surface area contributed by atoms with Crippen molar-refractivity contribution in [3.8, 4) is 5.75 Å². The van der Waals surface area contributed by atoms with Crippen LogP contribution in [0.2, 0.25) is 0 Å². The van der Waals surface area contributed by atoms with E-state index in [0.717, 1.165) is 63.8 Å². The van der Waals surface area contributed by atoms with Gasteiger partial charge in [0, 0.05) is 63.3 Å². The minimum atomic E-state index is -0.0394. The molecule has 1 aliphatic rings. The largest absolute Gasteiger partial charge is 0.496 e. The van der Waals surface area contributed by atoms with Gasteiger partial charge in [0.15, 0.2) is 5.96 Å². The number of ether oxygens (including phenoxy) is 2. The Morgan fingerprint density at radius 1 is 1.30 bits per heavy atom. The van der Waals surface area contributed by atoms with Gasteiger partial charge in [0.2, 0.25) is 0 Å². The van der Waals surface area contributed by atoms with E-state index in [1.807, 2.05) is 24.0 Å². The second-order valence-electron chi connectivity index (χ2n) is 7.57. The molecule has 1 aliphatic heterocycles. The van der Waals surface area contributed by atoms with Gasteiger partial charge in [-0.3, -0.25) is 9.67 Å². The first-order chi connectivity index (χ1) is 14.2. The lowest BCUT2D eigenvalue weighted by atomic mass is 9.73. The summed E-state index contributed by atoms with van der Waals surface area (Å²) in [6.07, 6.45) is 6.68. The molecular weight excluding hydrogens is 493 g/mol. The molecule has 1 fully saturated rings. The normalized spacial score (nSPS) is 15.9. The molecule has 0 atom stereocenters. The average molecular weight is 527 g/mol. The van der Waals surface area contributed by atoms with Crippen molar-refractivity contribution < 1.29 is 9.47 Å². The number of nitrogens with one attached hydrogen (secondary N) is 2. The second kappa shape index (κ2) is 12.1. The molecule has 8 heteroatoms. The Bertz CT molecular complexity index is 789. The molecule has 0 unspecified atom stereocenters. The predicted octanol–water partition coefficient (Wildman–Crippen LogP) is 3.12. The van der Waals surface area contributed by atoms with E-state index in [9.17, 15) is 0 Å². The topological polar surface area (TPSA) is 72.7 Å². The number of aliphatic imine (C=N–C) groups is 1. The van der Waals surface area contributed by atoms with Gasteiger partial charge in [-0.1, -0.05) is 17.7 Å². The van der Waals surface area contributed by atoms with Crippen LogP contribution in [0.3, 0.4) is 0 Å². The fourth-order valence-corrected chi connectivity index (χ4v) is 3.89. The summed E-state index contributed by atoms with van der Waals surface area (Å²) in [6, 6.07) is 8.38. The van der Waals surface area contributed by atoms with Crippen molar-refractivity contribution in [2.75, 3.05) is 40.5 Å². The number of nitrogens with zero attached hydrogens (tertiary/aromatic N) is 3. The third-order valence-corrected chi connectivity index (χ3v) is 5.61. The fraction of sp³-hybridized carbons (Fsp3) is 0.545. The van der Waals surface area contributed by atoms with Gasteiger partial charge in [0.05, 0.1) is 7.11 Å². The molecule has 30 heavy (non-hydrogen) atoms. The van der Waals surface area contributed by atoms with Crippen molar-refractivity contribution in [3.05, 3.63) is 47.8 Å². The van der Waals surface area contributed by atoms with Crippen molar-refractivity contribution in [2.24, 2.45) is 4.99 Å². The van der Waals surface area contributed by atoms with Crippen molar-refractivity contribution in [3.63, 3.8) is 0 Å². The molecule has 0 bridgehead atoms. The molecular formula is C22H34IN5O2. The lowest BCUT2D eigenvalue weighted by Crippen LogP contribution is -2.48. The quantitative estimate of drug-likeness (QED) is 0.239. The summed E-state index contributed by atoms with van der Waals surface area (Å²) in [7, 11) is 3.56. The van der Waals surface area contributed by atoms with Crippen LogP contribution in [0.4, 0.5) is 0 Å². The highest BCUT2D eigenvalue weighted by Crippen LogP contribution is 2.40. The van der Waals surface area contributed by atoms with E-state index in [4.69, 9.17) is 9.47 Å². The summed E-state index contributed by atoms with van der Waals surface area (Å²) in [5.41, 5.74) is 2.46. The second-order valence-corrected chi connectivity index (χ2v) is 7.57. The van der Waals surface area contributed by atoms with Crippen molar-refractivity contribution in [1.29, 1.82) is 0 Å². The van der Waals surface area contributed by atoms with Gasteiger partial charge in [-0.15, -0.1) is 24.0 Å². The Morgan fingerprint density at radius 2 is 2.10 bits per heavy atom. The lowest BCUT2D eigenvalue weighted by Gasteiger charge is -2.39. The Hall–Kier alpha value is -1.81. The Kier molecular flexibility index (Phi) is 9.90. The average Bonchev–Trinajstić information content (AvgIpc) is 3.27. The first-order valence-corrected chi connectivity index (χ1v) is 10.3. The SMILES string of the molecule is CN=C(NCCCn1cccn1)NCC1(c2cc(C)ccc2OC)CCOCC1.I. The summed E-state index contributed by atoms with van der Waals surface area (Å²) >= 11 is 0. The highest BCUT2D eigenvalue weighted by molar-refractivity contribution is 14.0. The molecule has 2 N–H and O–H groups in total. The molecule has 0 amide bonds. The van der Waals surface area contributed by atoms with Gasteiger partial charge in [0.1, 0.15) is 5.75 Å². The van der Waals surface area contributed by atoms with Crippen LogP contribution in [-0.2, 0) is 16.7 Å². The summed E-state index contributed by atoms with van der Waals surface area (Å²) in [5.74, 6) is 1.77. The van der Waals surface area contributed by atoms with Crippen LogP contribution < -0.4 is 15.4 Å². The summed E-state index contributed by atoms with van der Waals surface area (Å²) in [4.78, 5) is 4.40. The Morgan fingerprint density at radius 3 is 2.77 bits per heavy atom. The number of aryl methyl sites for hydroxylation is 2. The molecule has 2 heterocycles. The molecule has 1 aromatic carbocycles. The van der Waals surface area contributed by atoms with Gasteiger partial charge < -0.3 is 20.1 Å². The molecule has 2 aromatic rings. The van der Waals surface area contributed by atoms with Crippen LogP contribution in [-0.4, -0.2) is 56.2 Å². The highest BCUT2D eigenvalue weighted by atomic mass is 127. The van der Waals surface area contributed by atoms with Crippen LogP contribution in [0.1, 0.15) is 30.4 Å². The minimum Gasteiger partial charge on any atom is -0.496 e. The number of rotatable bonds is 8. The van der Waals surface area contributed by atoms with E-state index >= 15 is 0 Å². The van der Waals surface area contributed by atoms with E-state index in [0.29, 0.717) is 0 Å². The summed E-state index contributed by atoms with van der Waals surface area (Å²) in [5, 5.41) is 11.2. The first kappa shape index (κ1) is 24.5. The van der Waals surface area contributed by atoms with Gasteiger partial charge in [0.25, 0.3) is 0 Å². The van der Waals surface area contributed by atoms with Crippen LogP contribution in [0, 0.1) is 6.92 Å². The number of hydrogen-bond donors (Lipinski definition) is 2. The van der Waals surface area contributed by atoms with E-state index < -0.39 is 0 Å². The maximum Gasteiger partial charge on any atom is 0.191 e. The number of hydrogen-bond acceptors (Lipinski definition) is 4. The third-order valence-electron chi connectivity index (χ3n) is 5.61. The number of methoxy groups -OCH3 is 1. The molecule has 7 nitrogen and oxygen atoms in total. The molecule has 0 saturated carbocycles. The van der Waals surface area contributed by atoms with Gasteiger partial charge in [-0.2, -0.15) is 5.10 Å². The molecule has 1 aromatic heterocycles. The maximum absolute atomic E-state index is 5.70. The van der Waals surface area contributed by atoms with E-state index in [2.05, 4.69) is 45.8 Å². The van der Waals surface area contributed by atoms with Crippen molar-refractivity contribution >= 4 is 29.9 Å². The number of guanidine groups is 1. The predicted molar refractivity (Wildman–Crippen MR) is 131 cm³/mol. The Labute approximate surface area is 196 Å². The number of halogens is 1. The van der Waals surface area contributed by atoms with Crippen LogP contribution in [0.15, 0.2) is 41.7 Å². The van der Waals surface area contributed by atoms with Crippen LogP contribution >= 0.6 is 24.0 Å². The van der Waals surface area contributed by atoms with Gasteiger partial charge in [-0.25, -0.2) is 0 Å². The zero-order valence-corrected chi connectivity index (χ0v) is 20.5. The summed E-state index contributed by atoms with van der Waals surface area (Å²) < 4.78 is 13.3. The number of benzene rings is 1. The van der Waals surface area contributed by atoms with E-state index in [1.54, 1.807) is 13.3 Å². The molecule has 1 saturated heterocycles. The van der Waals surface area contributed by atoms with E-state index in [1.165, 1.54) is 11.1 Å². The molecule has 3 rings (SSSR count). The first-order valence-electron chi connectivity index (χ1n) is 10.3. The fourth-order valence-electron chi connectivity index (χ4n) is 3.89. The summed E-state index contributed by atoms with van der Waals surface area (Å²) in [6.45, 7) is 6.16. The lowest BCUT2D eigenvalue weighted by molar-refractivity contribution is 0.0505. The smallest absolute Gasteiger partial charge is 0.191 e. The zero-order valence-electron chi connectivity index (χ0n) is 18.2. The molecule has 0 radical (unpaired) electrons. The Balaban J connectivity index is 0.00000320. The highest BCUT2D eigenvalue weighted by Gasteiger charge is 2.37.